The first-order valence-electron chi connectivity index (χ1n) is 8.96. The highest BCUT2D eigenvalue weighted by molar-refractivity contribution is 5.99. The third-order valence-electron chi connectivity index (χ3n) is 5.09. The smallest absolute Gasteiger partial charge is 0.257 e. The maximum absolute atomic E-state index is 12.7. The summed E-state index contributed by atoms with van der Waals surface area (Å²) in [5, 5.41) is 5.52. The number of nitrogens with one attached hydrogen (secondary N) is 2. The molecular weight excluding hydrogens is 334 g/mol. The van der Waals surface area contributed by atoms with Crippen LogP contribution < -0.4 is 21.1 Å². The van der Waals surface area contributed by atoms with Crippen LogP contribution in [0.5, 0.6) is 5.75 Å². The van der Waals surface area contributed by atoms with Crippen molar-refractivity contribution in [1.29, 1.82) is 0 Å². The van der Waals surface area contributed by atoms with E-state index < -0.39 is 11.0 Å². The van der Waals surface area contributed by atoms with E-state index in [-0.39, 0.29) is 24.5 Å². The Morgan fingerprint density at radius 3 is 2.42 bits per heavy atom. The fourth-order valence-corrected chi connectivity index (χ4v) is 3.09. The molecule has 4 N–H and O–H groups in total. The minimum absolute atomic E-state index is 0.0201. The summed E-state index contributed by atoms with van der Waals surface area (Å²) in [4.78, 5) is 24.1. The minimum Gasteiger partial charge on any atom is -0.484 e. The predicted octanol–water partition coefficient (Wildman–Crippen LogP) is 1.67. The van der Waals surface area contributed by atoms with Crippen LogP contribution in [0.3, 0.4) is 0 Å². The molecule has 2 rings (SSSR count). The Hall–Kier alpha value is -2.12. The second-order valence-electron chi connectivity index (χ2n) is 7.06. The third-order valence-corrected chi connectivity index (χ3v) is 5.09. The highest BCUT2D eigenvalue weighted by Gasteiger charge is 2.62. The number of hydrogen-bond donors (Lipinski definition) is 3. The van der Waals surface area contributed by atoms with Crippen molar-refractivity contribution in [2.24, 2.45) is 11.1 Å². The number of ether oxygens (including phenoxy) is 2. The molecule has 1 aromatic carbocycles. The molecule has 0 radical (unpaired) electrons. The Morgan fingerprint density at radius 2 is 1.88 bits per heavy atom. The molecule has 0 bridgehead atoms. The molecule has 7 nitrogen and oxygen atoms in total. The first-order chi connectivity index (χ1) is 12.2. The standard InChI is InChI=1S/C19H29N3O4/c1-5-21-16(23)12-26-14-9-7-13(8-10-14)22-17(24)19(20)11-15(25-6-2)18(19,3)4/h7-10,15H,5-6,11-12,20H2,1-4H3,(H,21,23)(H,22,24). The lowest BCUT2D eigenvalue weighted by Gasteiger charge is -2.57. The van der Waals surface area contributed by atoms with Gasteiger partial charge >= 0.3 is 0 Å². The molecule has 0 spiro atoms. The molecule has 1 fully saturated rings. The lowest BCUT2D eigenvalue weighted by molar-refractivity contribution is -0.166. The first-order valence-corrected chi connectivity index (χ1v) is 8.96. The number of hydrogen-bond acceptors (Lipinski definition) is 5. The monoisotopic (exact) mass is 363 g/mol. The van der Waals surface area contributed by atoms with E-state index in [0.29, 0.717) is 31.0 Å². The topological polar surface area (TPSA) is 103 Å². The van der Waals surface area contributed by atoms with E-state index in [2.05, 4.69) is 10.6 Å². The molecule has 1 saturated carbocycles. The molecule has 0 saturated heterocycles. The fourth-order valence-electron chi connectivity index (χ4n) is 3.09. The summed E-state index contributed by atoms with van der Waals surface area (Å²) >= 11 is 0. The van der Waals surface area contributed by atoms with E-state index in [1.165, 1.54) is 0 Å². The van der Waals surface area contributed by atoms with Crippen molar-refractivity contribution < 1.29 is 19.1 Å². The lowest BCUT2D eigenvalue weighted by Crippen LogP contribution is -2.74. The maximum atomic E-state index is 12.7. The van der Waals surface area contributed by atoms with Crippen LogP contribution in [-0.4, -0.2) is 43.2 Å². The molecule has 7 heteroatoms. The minimum atomic E-state index is -0.972. The van der Waals surface area contributed by atoms with Gasteiger partial charge in [-0.3, -0.25) is 9.59 Å². The Kier molecular flexibility index (Phi) is 6.26. The Balaban J connectivity index is 1.92. The molecule has 1 aliphatic rings. The van der Waals surface area contributed by atoms with Crippen LogP contribution in [0.15, 0.2) is 24.3 Å². The van der Waals surface area contributed by atoms with Crippen LogP contribution in [0.1, 0.15) is 34.1 Å². The van der Waals surface area contributed by atoms with Crippen molar-refractivity contribution in [2.45, 2.75) is 45.8 Å². The number of rotatable bonds is 8. The van der Waals surface area contributed by atoms with Gasteiger partial charge in [0.05, 0.1) is 6.10 Å². The molecule has 2 unspecified atom stereocenters. The number of anilines is 1. The van der Waals surface area contributed by atoms with Gasteiger partial charge in [-0.2, -0.15) is 0 Å². The average Bonchev–Trinajstić information content (AvgIpc) is 2.61. The molecule has 0 aliphatic heterocycles. The quantitative estimate of drug-likeness (QED) is 0.652. The normalized spacial score (nSPS) is 23.7. The summed E-state index contributed by atoms with van der Waals surface area (Å²) in [7, 11) is 0. The largest absolute Gasteiger partial charge is 0.484 e. The van der Waals surface area contributed by atoms with Crippen molar-refractivity contribution in [1.82, 2.24) is 5.32 Å². The van der Waals surface area contributed by atoms with E-state index in [1.54, 1.807) is 24.3 Å². The van der Waals surface area contributed by atoms with Gasteiger partial charge in [0, 0.05) is 30.7 Å². The van der Waals surface area contributed by atoms with Crippen molar-refractivity contribution in [3.63, 3.8) is 0 Å². The van der Waals surface area contributed by atoms with Gasteiger partial charge in [0.1, 0.15) is 11.3 Å². The molecule has 2 atom stereocenters. The van der Waals surface area contributed by atoms with Crippen LogP contribution in [0.2, 0.25) is 0 Å². The molecule has 1 aliphatic carbocycles. The van der Waals surface area contributed by atoms with Crippen LogP contribution >= 0.6 is 0 Å². The molecule has 144 valence electrons. The van der Waals surface area contributed by atoms with E-state index in [1.807, 2.05) is 27.7 Å². The second-order valence-corrected chi connectivity index (χ2v) is 7.06. The molecule has 26 heavy (non-hydrogen) atoms. The van der Waals surface area contributed by atoms with Gasteiger partial charge in [-0.15, -0.1) is 0 Å². The highest BCUT2D eigenvalue weighted by atomic mass is 16.5. The summed E-state index contributed by atoms with van der Waals surface area (Å²) in [6.07, 6.45) is 0.473. The van der Waals surface area contributed by atoms with Crippen LogP contribution in [0, 0.1) is 5.41 Å². The van der Waals surface area contributed by atoms with Crippen molar-refractivity contribution >= 4 is 17.5 Å². The summed E-state index contributed by atoms with van der Waals surface area (Å²) in [5.41, 5.74) is 5.58. The van der Waals surface area contributed by atoms with E-state index in [4.69, 9.17) is 15.2 Å². The maximum Gasteiger partial charge on any atom is 0.257 e. The molecule has 2 amide bonds. The summed E-state index contributed by atoms with van der Waals surface area (Å²) in [5.74, 6) is 0.151. The number of carbonyl (C=O) groups is 2. The van der Waals surface area contributed by atoms with Crippen LogP contribution in [0.4, 0.5) is 5.69 Å². The third kappa shape index (κ3) is 3.99. The van der Waals surface area contributed by atoms with E-state index >= 15 is 0 Å². The molecular formula is C19H29N3O4. The highest BCUT2D eigenvalue weighted by Crippen LogP contribution is 2.50. The lowest BCUT2D eigenvalue weighted by atomic mass is 9.54. The first kappa shape index (κ1) is 20.2. The number of amides is 2. The van der Waals surface area contributed by atoms with Crippen molar-refractivity contribution in [3.8, 4) is 5.75 Å². The summed E-state index contributed by atoms with van der Waals surface area (Å²) < 4.78 is 11.0. The van der Waals surface area contributed by atoms with Gasteiger partial charge in [0.2, 0.25) is 5.91 Å². The molecule has 0 heterocycles. The Labute approximate surface area is 154 Å². The Bertz CT molecular complexity index is 645. The number of nitrogens with two attached hydrogens (primary N) is 1. The molecule has 1 aromatic rings. The predicted molar refractivity (Wildman–Crippen MR) is 100.0 cm³/mol. The molecule has 0 aromatic heterocycles. The number of benzene rings is 1. The zero-order valence-electron chi connectivity index (χ0n) is 15.9. The van der Waals surface area contributed by atoms with E-state index in [0.717, 1.165) is 0 Å². The summed E-state index contributed by atoms with van der Waals surface area (Å²) in [6, 6.07) is 6.85. The van der Waals surface area contributed by atoms with Gasteiger partial charge in [0.15, 0.2) is 6.61 Å². The number of carbonyl (C=O) groups excluding carboxylic acids is 2. The van der Waals surface area contributed by atoms with Gasteiger partial charge < -0.3 is 25.8 Å². The van der Waals surface area contributed by atoms with Crippen LogP contribution in [0.25, 0.3) is 0 Å². The average molecular weight is 363 g/mol. The fraction of sp³-hybridized carbons (Fsp3) is 0.579. The van der Waals surface area contributed by atoms with Crippen molar-refractivity contribution in [3.05, 3.63) is 24.3 Å². The summed E-state index contributed by atoms with van der Waals surface area (Å²) in [6.45, 7) is 8.81. The van der Waals surface area contributed by atoms with Gasteiger partial charge in [-0.1, -0.05) is 13.8 Å². The number of likely N-dealkylation sites (N-methyl/N-ethyl adjacent to an activating group) is 1. The zero-order valence-corrected chi connectivity index (χ0v) is 15.9. The second kappa shape index (κ2) is 8.05. The SMILES string of the molecule is CCNC(=O)COc1ccc(NC(=O)C2(N)CC(OCC)C2(C)C)cc1. The Morgan fingerprint density at radius 1 is 1.23 bits per heavy atom. The van der Waals surface area contributed by atoms with Crippen LogP contribution in [-0.2, 0) is 14.3 Å². The van der Waals surface area contributed by atoms with Crippen molar-refractivity contribution in [2.75, 3.05) is 25.1 Å². The van der Waals surface area contributed by atoms with E-state index in [9.17, 15) is 9.59 Å². The van der Waals surface area contributed by atoms with Gasteiger partial charge in [0.25, 0.3) is 5.91 Å². The van der Waals surface area contributed by atoms with Gasteiger partial charge in [-0.05, 0) is 38.1 Å². The zero-order chi connectivity index (χ0) is 19.4. The van der Waals surface area contributed by atoms with Gasteiger partial charge in [-0.25, -0.2) is 0 Å².